The van der Waals surface area contributed by atoms with Crippen LogP contribution in [0.5, 0.6) is 11.5 Å². The van der Waals surface area contributed by atoms with Crippen LogP contribution in [-0.4, -0.2) is 18.3 Å². The summed E-state index contributed by atoms with van der Waals surface area (Å²) >= 11 is 3.13. The van der Waals surface area contributed by atoms with Gasteiger partial charge in [-0.2, -0.15) is 0 Å². The van der Waals surface area contributed by atoms with Gasteiger partial charge in [-0.15, -0.1) is 11.3 Å². The third-order valence-electron chi connectivity index (χ3n) is 6.47. The molecule has 0 bridgehead atoms. The second-order valence-corrected chi connectivity index (χ2v) is 10.5. The highest BCUT2D eigenvalue weighted by Gasteiger charge is 2.32. The molecule has 0 N–H and O–H groups in total. The second kappa shape index (κ2) is 8.98. The molecule has 2 aliphatic rings. The van der Waals surface area contributed by atoms with E-state index < -0.39 is 0 Å². The highest BCUT2D eigenvalue weighted by atomic mass is 32.1. The van der Waals surface area contributed by atoms with Crippen LogP contribution in [-0.2, 0) is 6.42 Å². The normalized spacial score (nSPS) is 16.9. The van der Waals surface area contributed by atoms with E-state index in [1.54, 1.807) is 18.4 Å². The smallest absolute Gasteiger partial charge is 0.271 e. The summed E-state index contributed by atoms with van der Waals surface area (Å²) in [6, 6.07) is 18.3. The Morgan fingerprint density at radius 3 is 2.80 bits per heavy atom. The van der Waals surface area contributed by atoms with Crippen molar-refractivity contribution in [2.45, 2.75) is 25.8 Å². The Morgan fingerprint density at radius 2 is 2.00 bits per heavy atom. The summed E-state index contributed by atoms with van der Waals surface area (Å²) in [5.41, 5.74) is 5.64. The third-order valence-corrected chi connectivity index (χ3v) is 8.38. The van der Waals surface area contributed by atoms with Crippen LogP contribution in [0.4, 0.5) is 0 Å². The molecule has 1 aliphatic carbocycles. The number of rotatable bonds is 5. The van der Waals surface area contributed by atoms with Crippen molar-refractivity contribution in [1.82, 2.24) is 4.57 Å². The molecule has 5 nitrogen and oxygen atoms in total. The number of nitrogens with zero attached hydrogens (tertiary/aromatic N) is 2. The van der Waals surface area contributed by atoms with Crippen LogP contribution < -0.4 is 24.4 Å². The zero-order valence-electron chi connectivity index (χ0n) is 19.5. The first-order valence-electron chi connectivity index (χ1n) is 11.6. The van der Waals surface area contributed by atoms with Crippen LogP contribution >= 0.6 is 22.7 Å². The van der Waals surface area contributed by atoms with Crippen molar-refractivity contribution < 1.29 is 9.47 Å². The largest absolute Gasteiger partial charge is 0.493 e. The van der Waals surface area contributed by atoms with Crippen molar-refractivity contribution in [2.75, 3.05) is 13.7 Å². The molecule has 2 aromatic heterocycles. The van der Waals surface area contributed by atoms with E-state index in [-0.39, 0.29) is 11.6 Å². The first kappa shape index (κ1) is 22.1. The molecule has 0 saturated heterocycles. The van der Waals surface area contributed by atoms with Gasteiger partial charge in [0.05, 0.1) is 30.0 Å². The van der Waals surface area contributed by atoms with Crippen molar-refractivity contribution in [1.29, 1.82) is 0 Å². The second-order valence-electron chi connectivity index (χ2n) is 8.47. The van der Waals surface area contributed by atoms with Crippen molar-refractivity contribution in [2.24, 2.45) is 4.99 Å². The number of methoxy groups -OCH3 is 1. The number of thiophene rings is 1. The first-order valence-corrected chi connectivity index (χ1v) is 13.3. The third kappa shape index (κ3) is 3.75. The SMILES string of the molecule is CCOc1ccc(/C=c2\sc3n(c2=O)[C@H](c2cccs2)C2=C(N=3)c3ccccc3CC2)cc1OC. The molecule has 0 amide bonds. The molecular weight excluding hydrogens is 476 g/mol. The molecule has 0 fully saturated rings. The van der Waals surface area contributed by atoms with E-state index in [1.807, 2.05) is 35.8 Å². The quantitative estimate of drug-likeness (QED) is 0.396. The average Bonchev–Trinajstić information content (AvgIpc) is 3.52. The number of thiazole rings is 1. The van der Waals surface area contributed by atoms with Gasteiger partial charge in [0.15, 0.2) is 16.3 Å². The van der Waals surface area contributed by atoms with Crippen LogP contribution in [0.2, 0.25) is 0 Å². The minimum atomic E-state index is -0.119. The minimum Gasteiger partial charge on any atom is -0.493 e. The maximum Gasteiger partial charge on any atom is 0.271 e. The molecule has 6 rings (SSSR count). The van der Waals surface area contributed by atoms with Gasteiger partial charge < -0.3 is 9.47 Å². The maximum atomic E-state index is 13.8. The Morgan fingerprint density at radius 1 is 1.11 bits per heavy atom. The van der Waals surface area contributed by atoms with E-state index in [4.69, 9.17) is 14.5 Å². The van der Waals surface area contributed by atoms with Gasteiger partial charge in [0, 0.05) is 10.4 Å². The fourth-order valence-corrected chi connectivity index (χ4v) is 6.77. The summed E-state index contributed by atoms with van der Waals surface area (Å²) in [6.45, 7) is 2.50. The fraction of sp³-hybridized carbons (Fsp3) is 0.214. The lowest BCUT2D eigenvalue weighted by atomic mass is 9.85. The van der Waals surface area contributed by atoms with E-state index >= 15 is 0 Å². The Hall–Kier alpha value is -3.42. The molecule has 2 aromatic carbocycles. The Kier molecular flexibility index (Phi) is 5.66. The van der Waals surface area contributed by atoms with E-state index in [0.717, 1.165) is 28.9 Å². The van der Waals surface area contributed by atoms with E-state index in [2.05, 4.69) is 41.8 Å². The molecule has 35 heavy (non-hydrogen) atoms. The van der Waals surface area contributed by atoms with Crippen LogP contribution in [0.15, 0.2) is 75.3 Å². The van der Waals surface area contributed by atoms with Crippen LogP contribution in [0.1, 0.15) is 41.0 Å². The molecule has 1 atom stereocenters. The summed E-state index contributed by atoms with van der Waals surface area (Å²) in [7, 11) is 1.62. The molecular formula is C28H24N2O3S2. The van der Waals surface area contributed by atoms with Crippen LogP contribution in [0, 0.1) is 0 Å². The Balaban J connectivity index is 1.55. The molecule has 7 heteroatoms. The summed E-state index contributed by atoms with van der Waals surface area (Å²) in [5.74, 6) is 1.34. The van der Waals surface area contributed by atoms with Gasteiger partial charge >= 0.3 is 0 Å². The monoisotopic (exact) mass is 500 g/mol. The van der Waals surface area contributed by atoms with Crippen molar-refractivity contribution in [3.05, 3.63) is 107 Å². The van der Waals surface area contributed by atoms with E-state index in [0.29, 0.717) is 22.6 Å². The first-order chi connectivity index (χ1) is 17.2. The van der Waals surface area contributed by atoms with Crippen molar-refractivity contribution in [3.63, 3.8) is 0 Å². The number of benzene rings is 2. The number of hydrogen-bond acceptors (Lipinski definition) is 6. The topological polar surface area (TPSA) is 52.8 Å². The number of aromatic nitrogens is 1. The van der Waals surface area contributed by atoms with Crippen LogP contribution in [0.25, 0.3) is 11.8 Å². The lowest BCUT2D eigenvalue weighted by Crippen LogP contribution is -2.38. The van der Waals surface area contributed by atoms with Crippen molar-refractivity contribution in [3.8, 4) is 11.5 Å². The predicted octanol–water partition coefficient (Wildman–Crippen LogP) is 4.79. The highest BCUT2D eigenvalue weighted by Crippen LogP contribution is 2.42. The Labute approximate surface area is 210 Å². The molecule has 0 unspecified atom stereocenters. The zero-order chi connectivity index (χ0) is 23.9. The van der Waals surface area contributed by atoms with Gasteiger partial charge in [0.2, 0.25) is 0 Å². The predicted molar refractivity (Wildman–Crippen MR) is 141 cm³/mol. The van der Waals surface area contributed by atoms with Gasteiger partial charge in [0.1, 0.15) is 0 Å². The molecule has 3 heterocycles. The summed E-state index contributed by atoms with van der Waals surface area (Å²) in [5, 5.41) is 2.08. The average molecular weight is 501 g/mol. The zero-order valence-corrected chi connectivity index (χ0v) is 21.1. The molecule has 0 saturated carbocycles. The minimum absolute atomic E-state index is 0.00888. The number of allylic oxidation sites excluding steroid dienone is 1. The van der Waals surface area contributed by atoms with Crippen LogP contribution in [0.3, 0.4) is 0 Å². The maximum absolute atomic E-state index is 13.8. The summed E-state index contributed by atoms with van der Waals surface area (Å²) in [4.78, 5) is 20.8. The fourth-order valence-electron chi connectivity index (χ4n) is 4.92. The summed E-state index contributed by atoms with van der Waals surface area (Å²) in [6.07, 6.45) is 3.78. The number of hydrogen-bond donors (Lipinski definition) is 0. The number of aryl methyl sites for hydroxylation is 1. The molecule has 0 spiro atoms. The number of fused-ring (bicyclic) bond motifs is 3. The molecule has 176 valence electrons. The highest BCUT2D eigenvalue weighted by molar-refractivity contribution is 7.10. The molecule has 0 radical (unpaired) electrons. The van der Waals surface area contributed by atoms with Crippen molar-refractivity contribution >= 4 is 34.4 Å². The van der Waals surface area contributed by atoms with Gasteiger partial charge in [-0.1, -0.05) is 47.7 Å². The molecule has 4 aromatic rings. The van der Waals surface area contributed by atoms with Gasteiger partial charge in [-0.3, -0.25) is 9.36 Å². The van der Waals surface area contributed by atoms with Gasteiger partial charge in [-0.05, 0) is 66.1 Å². The molecule has 1 aliphatic heterocycles. The lowest BCUT2D eigenvalue weighted by Gasteiger charge is -2.30. The summed E-state index contributed by atoms with van der Waals surface area (Å²) < 4.78 is 13.7. The van der Waals surface area contributed by atoms with E-state index in [1.165, 1.54) is 32.9 Å². The standard InChI is InChI=1S/C28H24N2O3S2/c1-3-33-21-13-10-17(15-22(21)32-2)16-24-27(31)30-26(23-9-6-14-34-23)20-12-11-18-7-4-5-8-19(18)25(20)29-28(30)35-24/h4-10,13-16,26H,3,11-12H2,1-2H3/b24-16-/t26-/m0/s1. The Bertz CT molecular complexity index is 1630. The van der Waals surface area contributed by atoms with Gasteiger partial charge in [-0.25, -0.2) is 4.99 Å². The van der Waals surface area contributed by atoms with Gasteiger partial charge in [0.25, 0.3) is 5.56 Å². The van der Waals surface area contributed by atoms with E-state index in [9.17, 15) is 4.79 Å². The number of ether oxygens (including phenoxy) is 2. The lowest BCUT2D eigenvalue weighted by molar-refractivity contribution is 0.311.